The van der Waals surface area contributed by atoms with Crippen molar-refractivity contribution in [1.82, 2.24) is 14.5 Å². The minimum Gasteiger partial charge on any atom is -0.497 e. The molecule has 1 aliphatic rings. The molecule has 0 atom stereocenters. The fourth-order valence-corrected chi connectivity index (χ4v) is 5.48. The number of aryl methyl sites for hydroxylation is 1. The van der Waals surface area contributed by atoms with Crippen LogP contribution in [0.4, 0.5) is 0 Å². The quantitative estimate of drug-likeness (QED) is 0.531. The minimum absolute atomic E-state index is 0.0720. The summed E-state index contributed by atoms with van der Waals surface area (Å²) in [6, 6.07) is 8.91. The zero-order valence-corrected chi connectivity index (χ0v) is 19.9. The topological polar surface area (TPSA) is 120 Å². The predicted octanol–water partition coefficient (Wildman–Crippen LogP) is 2.59. The summed E-state index contributed by atoms with van der Waals surface area (Å²) in [5.41, 5.74) is 0.0331. The largest absolute Gasteiger partial charge is 0.497 e. The second kappa shape index (κ2) is 9.84. The number of nitrogens with one attached hydrogen (secondary N) is 1. The molecule has 2 heterocycles. The molecular formula is C24H27N3O6S. The summed E-state index contributed by atoms with van der Waals surface area (Å²) in [6.45, 7) is 0.549. The van der Waals surface area contributed by atoms with Gasteiger partial charge in [-0.1, -0.05) is 12.1 Å². The van der Waals surface area contributed by atoms with Crippen molar-refractivity contribution in [2.45, 2.75) is 38.8 Å². The summed E-state index contributed by atoms with van der Waals surface area (Å²) < 4.78 is 7.83. The Hall–Kier alpha value is -3.40. The first-order valence-electron chi connectivity index (χ1n) is 11.2. The highest BCUT2D eigenvalue weighted by molar-refractivity contribution is 7.20. The third kappa shape index (κ3) is 4.77. The number of benzene rings is 1. The summed E-state index contributed by atoms with van der Waals surface area (Å²) in [4.78, 5) is 50.8. The molecule has 0 bridgehead atoms. The van der Waals surface area contributed by atoms with E-state index in [0.717, 1.165) is 16.9 Å². The van der Waals surface area contributed by atoms with Crippen LogP contribution in [0.15, 0.2) is 39.9 Å². The fourth-order valence-electron chi connectivity index (χ4n) is 4.46. The molecule has 10 heteroatoms. The van der Waals surface area contributed by atoms with Crippen molar-refractivity contribution in [3.05, 3.63) is 61.6 Å². The highest BCUT2D eigenvalue weighted by Gasteiger charge is 2.27. The number of carboxylic acids is 1. The van der Waals surface area contributed by atoms with Crippen molar-refractivity contribution in [1.29, 1.82) is 0 Å². The third-order valence-corrected chi connectivity index (χ3v) is 7.67. The van der Waals surface area contributed by atoms with Gasteiger partial charge in [0.05, 0.1) is 23.3 Å². The molecule has 1 saturated carbocycles. The molecule has 180 valence electrons. The number of aliphatic carboxylic acids is 1. The molecule has 0 radical (unpaired) electrons. The SMILES string of the molecule is COc1cccc(CNC(=O)c2cc3c(=O)n(CC4CCC(C(=O)O)CC4)c(=O)n(C)c3s2)c1. The van der Waals surface area contributed by atoms with Gasteiger partial charge in [-0.05, 0) is 55.4 Å². The van der Waals surface area contributed by atoms with Crippen LogP contribution in [0, 0.1) is 11.8 Å². The van der Waals surface area contributed by atoms with E-state index in [9.17, 15) is 24.3 Å². The molecule has 9 nitrogen and oxygen atoms in total. The average molecular weight is 486 g/mol. The van der Waals surface area contributed by atoms with Crippen molar-refractivity contribution in [2.75, 3.05) is 7.11 Å². The van der Waals surface area contributed by atoms with Crippen LogP contribution in [-0.2, 0) is 24.9 Å². The Bertz CT molecular complexity index is 1350. The van der Waals surface area contributed by atoms with Gasteiger partial charge in [-0.15, -0.1) is 11.3 Å². The highest BCUT2D eigenvalue weighted by Crippen LogP contribution is 2.30. The van der Waals surface area contributed by atoms with Crippen LogP contribution in [0.25, 0.3) is 10.2 Å². The van der Waals surface area contributed by atoms with Gasteiger partial charge < -0.3 is 15.2 Å². The van der Waals surface area contributed by atoms with Crippen LogP contribution in [0.3, 0.4) is 0 Å². The van der Waals surface area contributed by atoms with Crippen LogP contribution in [0.5, 0.6) is 5.75 Å². The van der Waals surface area contributed by atoms with Crippen LogP contribution < -0.4 is 21.3 Å². The van der Waals surface area contributed by atoms with Crippen LogP contribution in [0.1, 0.15) is 40.9 Å². The van der Waals surface area contributed by atoms with E-state index in [1.165, 1.54) is 9.13 Å². The molecule has 1 fully saturated rings. The Morgan fingerprint density at radius 1 is 1.18 bits per heavy atom. The molecule has 1 amide bonds. The van der Waals surface area contributed by atoms with Crippen molar-refractivity contribution in [3.63, 3.8) is 0 Å². The Labute approximate surface area is 199 Å². The first-order valence-corrected chi connectivity index (χ1v) is 12.0. The zero-order valence-electron chi connectivity index (χ0n) is 19.1. The van der Waals surface area contributed by atoms with E-state index in [1.54, 1.807) is 20.2 Å². The third-order valence-electron chi connectivity index (χ3n) is 6.46. The maximum atomic E-state index is 13.2. The second-order valence-electron chi connectivity index (χ2n) is 8.68. The Morgan fingerprint density at radius 3 is 2.59 bits per heavy atom. The number of hydrogen-bond acceptors (Lipinski definition) is 6. The Balaban J connectivity index is 1.54. The van der Waals surface area contributed by atoms with E-state index < -0.39 is 17.2 Å². The number of carboxylic acid groups (broad SMARTS) is 1. The second-order valence-corrected chi connectivity index (χ2v) is 9.71. The molecule has 1 aliphatic carbocycles. The average Bonchev–Trinajstić information content (AvgIpc) is 3.30. The number of aromatic nitrogens is 2. The lowest BCUT2D eigenvalue weighted by atomic mass is 9.82. The van der Waals surface area contributed by atoms with Crippen molar-refractivity contribution >= 4 is 33.4 Å². The molecule has 4 rings (SSSR count). The molecule has 2 aromatic heterocycles. The number of fused-ring (bicyclic) bond motifs is 1. The van der Waals surface area contributed by atoms with Crippen molar-refractivity contribution < 1.29 is 19.4 Å². The Morgan fingerprint density at radius 2 is 1.91 bits per heavy atom. The number of methoxy groups -OCH3 is 1. The number of carbonyl (C=O) groups excluding carboxylic acids is 1. The molecule has 0 spiro atoms. The van der Waals surface area contributed by atoms with Gasteiger partial charge in [0.15, 0.2) is 0 Å². The minimum atomic E-state index is -0.788. The van der Waals surface area contributed by atoms with E-state index in [1.807, 2.05) is 24.3 Å². The monoisotopic (exact) mass is 485 g/mol. The normalized spacial score (nSPS) is 18.1. The first-order chi connectivity index (χ1) is 16.3. The summed E-state index contributed by atoms with van der Waals surface area (Å²) in [5, 5.41) is 12.4. The summed E-state index contributed by atoms with van der Waals surface area (Å²) in [6.07, 6.45) is 2.42. The van der Waals surface area contributed by atoms with Gasteiger partial charge in [-0.3, -0.25) is 23.5 Å². The van der Waals surface area contributed by atoms with Gasteiger partial charge >= 0.3 is 11.7 Å². The predicted molar refractivity (Wildman–Crippen MR) is 129 cm³/mol. The summed E-state index contributed by atoms with van der Waals surface area (Å²) in [7, 11) is 3.17. The lowest BCUT2D eigenvalue weighted by Crippen LogP contribution is -2.40. The van der Waals surface area contributed by atoms with Gasteiger partial charge in [-0.25, -0.2) is 4.79 Å². The lowest BCUT2D eigenvalue weighted by molar-refractivity contribution is -0.143. The van der Waals surface area contributed by atoms with Crippen molar-refractivity contribution in [3.8, 4) is 5.75 Å². The number of rotatable bonds is 7. The first kappa shape index (κ1) is 23.7. The zero-order chi connectivity index (χ0) is 24.4. The molecular weight excluding hydrogens is 458 g/mol. The van der Waals surface area contributed by atoms with Gasteiger partial charge in [0, 0.05) is 20.1 Å². The molecule has 34 heavy (non-hydrogen) atoms. The molecule has 0 aliphatic heterocycles. The number of ether oxygens (including phenoxy) is 1. The maximum Gasteiger partial charge on any atom is 0.331 e. The number of nitrogens with zero attached hydrogens (tertiary/aromatic N) is 2. The number of thiophene rings is 1. The molecule has 3 aromatic rings. The maximum absolute atomic E-state index is 13.2. The standard InChI is InChI=1S/C24H27N3O6S/c1-26-22-18(11-19(34-22)20(28)25-12-15-4-3-5-17(10-15)33-2)21(29)27(24(26)32)13-14-6-8-16(9-7-14)23(30)31/h3-5,10-11,14,16H,6-9,12-13H2,1-2H3,(H,25,28)(H,30,31). The number of amides is 1. The van der Waals surface area contributed by atoms with Crippen LogP contribution >= 0.6 is 11.3 Å². The van der Waals surface area contributed by atoms with E-state index >= 15 is 0 Å². The smallest absolute Gasteiger partial charge is 0.331 e. The Kier molecular flexibility index (Phi) is 6.87. The van der Waals surface area contributed by atoms with Crippen molar-refractivity contribution in [2.24, 2.45) is 18.9 Å². The van der Waals surface area contributed by atoms with E-state index in [2.05, 4.69) is 5.32 Å². The van der Waals surface area contributed by atoms with E-state index in [0.29, 0.717) is 53.1 Å². The van der Waals surface area contributed by atoms with Gasteiger partial charge in [-0.2, -0.15) is 0 Å². The summed E-state index contributed by atoms with van der Waals surface area (Å²) in [5.74, 6) is -0.700. The molecule has 0 unspecified atom stereocenters. The van der Waals surface area contributed by atoms with Gasteiger partial charge in [0.25, 0.3) is 11.5 Å². The summed E-state index contributed by atoms with van der Waals surface area (Å²) >= 11 is 1.11. The van der Waals surface area contributed by atoms with E-state index in [4.69, 9.17) is 4.74 Å². The molecule has 2 N–H and O–H groups in total. The van der Waals surface area contributed by atoms with E-state index in [-0.39, 0.29) is 24.3 Å². The molecule has 1 aromatic carbocycles. The highest BCUT2D eigenvalue weighted by atomic mass is 32.1. The number of hydrogen-bond donors (Lipinski definition) is 2. The number of carbonyl (C=O) groups is 2. The molecule has 0 saturated heterocycles. The van der Waals surface area contributed by atoms with Crippen LogP contribution in [-0.4, -0.2) is 33.2 Å². The van der Waals surface area contributed by atoms with Crippen LogP contribution in [0.2, 0.25) is 0 Å². The van der Waals surface area contributed by atoms with Gasteiger partial charge in [0.1, 0.15) is 10.6 Å². The van der Waals surface area contributed by atoms with Gasteiger partial charge in [0.2, 0.25) is 0 Å². The fraction of sp³-hybridized carbons (Fsp3) is 0.417. The lowest BCUT2D eigenvalue weighted by Gasteiger charge is -2.26.